The third kappa shape index (κ3) is 3.65. The molecule has 3 heterocycles. The molecule has 1 amide bonds. The molecule has 138 valence electrons. The molecule has 2 aliphatic heterocycles. The fourth-order valence-corrected chi connectivity index (χ4v) is 3.51. The Kier molecular flexibility index (Phi) is 4.76. The first-order valence-electron chi connectivity index (χ1n) is 8.65. The van der Waals surface area contributed by atoms with Gasteiger partial charge in [0.15, 0.2) is 0 Å². The topological polar surface area (TPSA) is 55.2 Å². The van der Waals surface area contributed by atoms with Crippen LogP contribution in [0.5, 0.6) is 0 Å². The molecule has 0 N–H and O–H groups in total. The fraction of sp³-hybridized carbons (Fsp3) is 0.421. The number of hydrogen-bond donors (Lipinski definition) is 0. The SMILES string of the molecule is O=C1COC2(COCCN(Cc3ccoc3)C2)CN1c1ccc(F)cc1. The number of morpholine rings is 1. The van der Waals surface area contributed by atoms with Crippen LogP contribution in [0.2, 0.25) is 0 Å². The van der Waals surface area contributed by atoms with Crippen LogP contribution >= 0.6 is 0 Å². The van der Waals surface area contributed by atoms with Gasteiger partial charge in [0.05, 0.1) is 32.3 Å². The van der Waals surface area contributed by atoms with Gasteiger partial charge in [0.25, 0.3) is 5.91 Å². The van der Waals surface area contributed by atoms with Crippen molar-refractivity contribution in [3.05, 3.63) is 54.2 Å². The Labute approximate surface area is 151 Å². The van der Waals surface area contributed by atoms with Crippen LogP contribution in [0, 0.1) is 5.82 Å². The Hall–Kier alpha value is -2.22. The van der Waals surface area contributed by atoms with Crippen LogP contribution in [0.1, 0.15) is 5.56 Å². The lowest BCUT2D eigenvalue weighted by atomic mass is 10.0. The average Bonchev–Trinajstić information content (AvgIpc) is 3.07. The van der Waals surface area contributed by atoms with Crippen molar-refractivity contribution < 1.29 is 23.1 Å². The minimum Gasteiger partial charge on any atom is -0.472 e. The highest BCUT2D eigenvalue weighted by atomic mass is 19.1. The Bertz CT molecular complexity index is 749. The minimum atomic E-state index is -0.609. The first-order chi connectivity index (χ1) is 12.6. The van der Waals surface area contributed by atoms with Gasteiger partial charge in [-0.1, -0.05) is 0 Å². The average molecular weight is 360 g/mol. The van der Waals surface area contributed by atoms with Gasteiger partial charge in [-0.2, -0.15) is 0 Å². The summed E-state index contributed by atoms with van der Waals surface area (Å²) < 4.78 is 30.1. The molecule has 7 heteroatoms. The molecule has 2 saturated heterocycles. The maximum Gasteiger partial charge on any atom is 0.253 e. The molecule has 0 saturated carbocycles. The van der Waals surface area contributed by atoms with Gasteiger partial charge in [0, 0.05) is 30.9 Å². The van der Waals surface area contributed by atoms with E-state index in [0.29, 0.717) is 32.0 Å². The number of carbonyl (C=O) groups is 1. The molecule has 1 atom stereocenters. The largest absolute Gasteiger partial charge is 0.472 e. The highest BCUT2D eigenvalue weighted by Gasteiger charge is 2.43. The second-order valence-electron chi connectivity index (χ2n) is 6.82. The predicted molar refractivity (Wildman–Crippen MR) is 92.2 cm³/mol. The van der Waals surface area contributed by atoms with Gasteiger partial charge in [-0.25, -0.2) is 4.39 Å². The molecule has 6 nitrogen and oxygen atoms in total. The molecule has 0 aliphatic carbocycles. The van der Waals surface area contributed by atoms with E-state index in [1.165, 1.54) is 12.1 Å². The van der Waals surface area contributed by atoms with Gasteiger partial charge < -0.3 is 18.8 Å². The van der Waals surface area contributed by atoms with Gasteiger partial charge in [-0.05, 0) is 30.3 Å². The summed E-state index contributed by atoms with van der Waals surface area (Å²) in [5.41, 5.74) is 1.15. The second kappa shape index (κ2) is 7.19. The number of halogens is 1. The smallest absolute Gasteiger partial charge is 0.253 e. The molecule has 0 radical (unpaired) electrons. The predicted octanol–water partition coefficient (Wildman–Crippen LogP) is 2.05. The maximum absolute atomic E-state index is 13.2. The Morgan fingerprint density at radius 3 is 2.77 bits per heavy atom. The molecule has 2 aromatic rings. The quantitative estimate of drug-likeness (QED) is 0.839. The number of nitrogens with zero attached hydrogens (tertiary/aromatic N) is 2. The summed E-state index contributed by atoms with van der Waals surface area (Å²) >= 11 is 0. The zero-order valence-electron chi connectivity index (χ0n) is 14.4. The van der Waals surface area contributed by atoms with Crippen molar-refractivity contribution in [2.24, 2.45) is 0 Å². The molecular formula is C19H21FN2O4. The summed E-state index contributed by atoms with van der Waals surface area (Å²) in [6, 6.07) is 7.90. The van der Waals surface area contributed by atoms with Crippen molar-refractivity contribution in [2.75, 3.05) is 44.4 Å². The van der Waals surface area contributed by atoms with Gasteiger partial charge in [-0.3, -0.25) is 9.69 Å². The zero-order valence-corrected chi connectivity index (χ0v) is 14.4. The van der Waals surface area contributed by atoms with E-state index in [0.717, 1.165) is 18.7 Å². The maximum atomic E-state index is 13.2. The van der Waals surface area contributed by atoms with Gasteiger partial charge in [0.2, 0.25) is 0 Å². The Morgan fingerprint density at radius 2 is 2.00 bits per heavy atom. The molecule has 1 spiro atoms. The number of ether oxygens (including phenoxy) is 2. The number of benzene rings is 1. The molecule has 4 rings (SSSR count). The number of furan rings is 1. The Morgan fingerprint density at radius 1 is 1.15 bits per heavy atom. The lowest BCUT2D eigenvalue weighted by Gasteiger charge is -2.43. The van der Waals surface area contributed by atoms with Crippen LogP contribution in [0.3, 0.4) is 0 Å². The lowest BCUT2D eigenvalue weighted by molar-refractivity contribution is -0.146. The molecule has 2 fully saturated rings. The van der Waals surface area contributed by atoms with E-state index in [1.54, 1.807) is 29.6 Å². The first kappa shape index (κ1) is 17.2. The van der Waals surface area contributed by atoms with Crippen molar-refractivity contribution >= 4 is 11.6 Å². The number of anilines is 1. The molecule has 26 heavy (non-hydrogen) atoms. The molecule has 1 aromatic carbocycles. The van der Waals surface area contributed by atoms with Crippen LogP contribution in [0.25, 0.3) is 0 Å². The van der Waals surface area contributed by atoms with Crippen LogP contribution in [0.4, 0.5) is 10.1 Å². The van der Waals surface area contributed by atoms with Crippen molar-refractivity contribution in [1.82, 2.24) is 4.90 Å². The van der Waals surface area contributed by atoms with E-state index < -0.39 is 5.60 Å². The van der Waals surface area contributed by atoms with Crippen molar-refractivity contribution in [1.29, 1.82) is 0 Å². The Balaban J connectivity index is 1.53. The third-order valence-electron chi connectivity index (χ3n) is 4.80. The summed E-state index contributed by atoms with van der Waals surface area (Å²) in [7, 11) is 0. The molecule has 2 aliphatic rings. The lowest BCUT2D eigenvalue weighted by Crippen LogP contribution is -2.60. The van der Waals surface area contributed by atoms with Gasteiger partial charge in [0.1, 0.15) is 18.0 Å². The second-order valence-corrected chi connectivity index (χ2v) is 6.82. The highest BCUT2D eigenvalue weighted by molar-refractivity contribution is 5.95. The molecule has 1 aromatic heterocycles. The monoisotopic (exact) mass is 360 g/mol. The molecular weight excluding hydrogens is 339 g/mol. The van der Waals surface area contributed by atoms with E-state index in [1.807, 2.05) is 6.07 Å². The van der Waals surface area contributed by atoms with E-state index in [2.05, 4.69) is 4.90 Å². The third-order valence-corrected chi connectivity index (χ3v) is 4.80. The van der Waals surface area contributed by atoms with Crippen molar-refractivity contribution in [3.8, 4) is 0 Å². The van der Waals surface area contributed by atoms with Crippen molar-refractivity contribution in [3.63, 3.8) is 0 Å². The van der Waals surface area contributed by atoms with Gasteiger partial charge >= 0.3 is 0 Å². The van der Waals surface area contributed by atoms with Crippen LogP contribution in [0.15, 0.2) is 47.3 Å². The minimum absolute atomic E-state index is 0.0136. The van der Waals surface area contributed by atoms with E-state index in [9.17, 15) is 9.18 Å². The van der Waals surface area contributed by atoms with Crippen LogP contribution < -0.4 is 4.90 Å². The summed E-state index contributed by atoms with van der Waals surface area (Å²) in [5.74, 6) is -0.457. The van der Waals surface area contributed by atoms with Gasteiger partial charge in [-0.15, -0.1) is 0 Å². The summed E-state index contributed by atoms with van der Waals surface area (Å²) in [4.78, 5) is 16.3. The highest BCUT2D eigenvalue weighted by Crippen LogP contribution is 2.28. The molecule has 0 bridgehead atoms. The van der Waals surface area contributed by atoms with Crippen LogP contribution in [-0.2, 0) is 20.8 Å². The summed E-state index contributed by atoms with van der Waals surface area (Å²) in [5, 5.41) is 0. The number of amides is 1. The van der Waals surface area contributed by atoms with Crippen LogP contribution in [-0.4, -0.2) is 55.9 Å². The van der Waals surface area contributed by atoms with E-state index >= 15 is 0 Å². The standard InChI is InChI=1S/C19H21FN2O4/c20-16-1-3-17(4-2-16)22-13-19(26-11-18(22)23)12-21(6-8-25-14-19)9-15-5-7-24-10-15/h1-5,7,10H,6,8-9,11-14H2. The van der Waals surface area contributed by atoms with Crippen molar-refractivity contribution in [2.45, 2.75) is 12.1 Å². The number of hydrogen-bond acceptors (Lipinski definition) is 5. The first-order valence-corrected chi connectivity index (χ1v) is 8.65. The normalized spacial score (nSPS) is 24.8. The molecule has 1 unspecified atom stereocenters. The van der Waals surface area contributed by atoms with E-state index in [4.69, 9.17) is 13.9 Å². The number of carbonyl (C=O) groups excluding carboxylic acids is 1. The fourth-order valence-electron chi connectivity index (χ4n) is 3.51. The summed E-state index contributed by atoms with van der Waals surface area (Å²) in [6.07, 6.45) is 3.39. The summed E-state index contributed by atoms with van der Waals surface area (Å²) in [6.45, 7) is 3.53. The van der Waals surface area contributed by atoms with E-state index in [-0.39, 0.29) is 18.3 Å². The zero-order chi connectivity index (χ0) is 18.0. The number of rotatable bonds is 3.